The van der Waals surface area contributed by atoms with Crippen molar-refractivity contribution in [3.05, 3.63) is 59.9 Å². The number of nitrogens with zero attached hydrogens (tertiary/aromatic N) is 2. The van der Waals surface area contributed by atoms with Gasteiger partial charge in [-0.2, -0.15) is 0 Å². The maximum absolute atomic E-state index is 12.3. The van der Waals surface area contributed by atoms with Crippen LogP contribution in [0.5, 0.6) is 0 Å². The lowest BCUT2D eigenvalue weighted by molar-refractivity contribution is -0.113. The van der Waals surface area contributed by atoms with E-state index in [-0.39, 0.29) is 11.7 Å². The molecule has 5 nitrogen and oxygen atoms in total. The number of hydrogen-bond donors (Lipinski definition) is 1. The predicted molar refractivity (Wildman–Crippen MR) is 105 cm³/mol. The zero-order chi connectivity index (χ0) is 18.1. The van der Waals surface area contributed by atoms with Gasteiger partial charge in [-0.1, -0.05) is 41.6 Å². The lowest BCUT2D eigenvalue weighted by Gasteiger charge is -2.06. The van der Waals surface area contributed by atoms with E-state index in [9.17, 15) is 4.79 Å². The van der Waals surface area contributed by atoms with Gasteiger partial charge in [0.05, 0.1) is 5.75 Å². The highest BCUT2D eigenvalue weighted by atomic mass is 32.2. The molecule has 0 saturated carbocycles. The molecule has 1 N–H and O–H groups in total. The van der Waals surface area contributed by atoms with Gasteiger partial charge in [0.2, 0.25) is 5.91 Å². The minimum atomic E-state index is -0.0839. The number of carbonyl (C=O) groups is 1. The molecule has 6 heteroatoms. The molecule has 4 aromatic rings. The molecule has 0 radical (unpaired) electrons. The maximum Gasteiger partial charge on any atom is 0.234 e. The van der Waals surface area contributed by atoms with Crippen LogP contribution in [0.2, 0.25) is 0 Å². The van der Waals surface area contributed by atoms with Crippen LogP contribution in [0.25, 0.3) is 22.1 Å². The van der Waals surface area contributed by atoms with Gasteiger partial charge >= 0.3 is 0 Å². The van der Waals surface area contributed by atoms with Crippen molar-refractivity contribution in [2.24, 2.45) is 0 Å². The number of carbonyl (C=O) groups excluding carboxylic acids is 1. The highest BCUT2D eigenvalue weighted by Gasteiger charge is 2.16. The van der Waals surface area contributed by atoms with Crippen molar-refractivity contribution in [1.29, 1.82) is 0 Å². The number of nitrogens with one attached hydrogen (secondary N) is 1. The summed E-state index contributed by atoms with van der Waals surface area (Å²) in [6, 6.07) is 15.5. The number of para-hydroxylation sites is 1. The molecule has 4 rings (SSSR count). The van der Waals surface area contributed by atoms with Gasteiger partial charge in [0.25, 0.3) is 0 Å². The van der Waals surface area contributed by atoms with E-state index in [4.69, 9.17) is 4.42 Å². The molecular formula is C20H17N3O2S. The molecule has 0 aliphatic heterocycles. The first-order valence-corrected chi connectivity index (χ1v) is 9.24. The van der Waals surface area contributed by atoms with Gasteiger partial charge in [0, 0.05) is 11.1 Å². The number of thioether (sulfide) groups is 1. The van der Waals surface area contributed by atoms with Crippen LogP contribution in [0.3, 0.4) is 0 Å². The summed E-state index contributed by atoms with van der Waals surface area (Å²) in [6.07, 6.45) is 0. The minimum absolute atomic E-state index is 0.0839. The van der Waals surface area contributed by atoms with Crippen LogP contribution in [0.15, 0.2) is 58.0 Å². The highest BCUT2D eigenvalue weighted by molar-refractivity contribution is 8.00. The summed E-state index contributed by atoms with van der Waals surface area (Å²) in [4.78, 5) is 21.2. The van der Waals surface area contributed by atoms with E-state index in [1.54, 1.807) is 0 Å². The molecule has 0 aliphatic rings. The van der Waals surface area contributed by atoms with Crippen LogP contribution in [0, 0.1) is 13.8 Å². The van der Waals surface area contributed by atoms with E-state index in [1.807, 2.05) is 62.4 Å². The van der Waals surface area contributed by atoms with Crippen LogP contribution in [0.1, 0.15) is 11.4 Å². The van der Waals surface area contributed by atoms with Crippen molar-refractivity contribution >= 4 is 45.4 Å². The van der Waals surface area contributed by atoms with Crippen LogP contribution < -0.4 is 5.32 Å². The molecule has 2 heterocycles. The molecule has 0 saturated heterocycles. The highest BCUT2D eigenvalue weighted by Crippen LogP contribution is 2.33. The molecule has 0 bridgehead atoms. The number of amides is 1. The lowest BCUT2D eigenvalue weighted by atomic mass is 10.2. The second kappa shape index (κ2) is 6.80. The molecule has 2 aromatic heterocycles. The molecule has 0 fully saturated rings. The summed E-state index contributed by atoms with van der Waals surface area (Å²) in [7, 11) is 0. The van der Waals surface area contributed by atoms with Crippen molar-refractivity contribution in [3.63, 3.8) is 0 Å². The Hall–Kier alpha value is -2.86. The third kappa shape index (κ3) is 3.28. The van der Waals surface area contributed by atoms with Crippen molar-refractivity contribution < 1.29 is 9.21 Å². The first-order chi connectivity index (χ1) is 12.6. The topological polar surface area (TPSA) is 68.0 Å². The summed E-state index contributed by atoms with van der Waals surface area (Å²) in [5, 5.41) is 4.54. The Morgan fingerprint density at radius 3 is 2.65 bits per heavy atom. The van der Waals surface area contributed by atoms with Gasteiger partial charge in [0.15, 0.2) is 5.58 Å². The summed E-state index contributed by atoms with van der Waals surface area (Å²) >= 11 is 1.35. The molecule has 0 spiro atoms. The number of hydrogen-bond acceptors (Lipinski definition) is 5. The summed E-state index contributed by atoms with van der Waals surface area (Å²) < 4.78 is 5.92. The summed E-state index contributed by atoms with van der Waals surface area (Å²) in [5.74, 6) is 0.820. The molecule has 130 valence electrons. The van der Waals surface area contributed by atoms with Crippen LogP contribution in [0.4, 0.5) is 5.69 Å². The Labute approximate surface area is 154 Å². The molecule has 0 unspecified atom stereocenters. The lowest BCUT2D eigenvalue weighted by Crippen LogP contribution is -2.14. The van der Waals surface area contributed by atoms with Gasteiger partial charge in [-0.15, -0.1) is 0 Å². The second-order valence-corrected chi connectivity index (χ2v) is 7.02. The van der Waals surface area contributed by atoms with E-state index in [2.05, 4.69) is 15.3 Å². The predicted octanol–water partition coefficient (Wildman–Crippen LogP) is 4.72. The first kappa shape index (κ1) is 16.6. The second-order valence-electron chi connectivity index (χ2n) is 6.05. The van der Waals surface area contributed by atoms with Gasteiger partial charge in [-0.05, 0) is 38.1 Å². The van der Waals surface area contributed by atoms with Crippen molar-refractivity contribution in [3.8, 4) is 0 Å². The Bertz CT molecular complexity index is 1100. The number of fused-ring (bicyclic) bond motifs is 3. The third-order valence-electron chi connectivity index (χ3n) is 3.98. The Kier molecular flexibility index (Phi) is 4.34. The quantitative estimate of drug-likeness (QED) is 0.419. The van der Waals surface area contributed by atoms with Gasteiger partial charge in [-0.3, -0.25) is 4.79 Å². The number of rotatable bonds is 4. The minimum Gasteiger partial charge on any atom is -0.451 e. The van der Waals surface area contributed by atoms with Gasteiger partial charge in [-0.25, -0.2) is 9.97 Å². The molecule has 0 atom stereocenters. The number of benzene rings is 2. The number of anilines is 1. The normalized spacial score (nSPS) is 11.2. The fourth-order valence-electron chi connectivity index (χ4n) is 2.74. The van der Waals surface area contributed by atoms with Crippen molar-refractivity contribution in [2.45, 2.75) is 18.9 Å². The Balaban J connectivity index is 1.57. The summed E-state index contributed by atoms with van der Waals surface area (Å²) in [6.45, 7) is 3.86. The Morgan fingerprint density at radius 2 is 1.85 bits per heavy atom. The molecule has 26 heavy (non-hydrogen) atoms. The fraction of sp³-hybridized carbons (Fsp3) is 0.150. The largest absolute Gasteiger partial charge is 0.451 e. The zero-order valence-electron chi connectivity index (χ0n) is 14.4. The Morgan fingerprint density at radius 1 is 1.08 bits per heavy atom. The molecule has 2 aromatic carbocycles. The van der Waals surface area contributed by atoms with Crippen LogP contribution in [-0.2, 0) is 4.79 Å². The van der Waals surface area contributed by atoms with E-state index < -0.39 is 0 Å². The molecule has 1 amide bonds. The summed E-state index contributed by atoms with van der Waals surface area (Å²) in [5.41, 5.74) is 4.13. The van der Waals surface area contributed by atoms with Gasteiger partial charge < -0.3 is 9.73 Å². The van der Waals surface area contributed by atoms with Crippen molar-refractivity contribution in [2.75, 3.05) is 11.1 Å². The number of aryl methyl sites for hydroxylation is 2. The van der Waals surface area contributed by atoms with E-state index >= 15 is 0 Å². The van der Waals surface area contributed by atoms with Gasteiger partial charge in [0.1, 0.15) is 22.0 Å². The zero-order valence-corrected chi connectivity index (χ0v) is 15.3. The average molecular weight is 363 g/mol. The number of aromatic nitrogens is 2. The maximum atomic E-state index is 12.3. The fourth-order valence-corrected chi connectivity index (χ4v) is 3.54. The monoisotopic (exact) mass is 363 g/mol. The smallest absolute Gasteiger partial charge is 0.234 e. The molecule has 0 aliphatic carbocycles. The SMILES string of the molecule is Cc1ccc(NC(=O)CSc2nc(C)nc3c2oc2ccccc23)cc1. The average Bonchev–Trinajstić information content (AvgIpc) is 3.00. The van der Waals surface area contributed by atoms with E-state index in [0.717, 1.165) is 27.7 Å². The third-order valence-corrected chi connectivity index (χ3v) is 4.93. The van der Waals surface area contributed by atoms with E-state index in [1.165, 1.54) is 11.8 Å². The van der Waals surface area contributed by atoms with Crippen LogP contribution >= 0.6 is 11.8 Å². The molecular weight excluding hydrogens is 346 g/mol. The van der Waals surface area contributed by atoms with Crippen molar-refractivity contribution in [1.82, 2.24) is 9.97 Å². The van der Waals surface area contributed by atoms with E-state index in [0.29, 0.717) is 16.4 Å². The standard InChI is InChI=1S/C20H17N3O2S/c1-12-7-9-14(10-8-12)23-17(24)11-26-20-19-18(21-13(2)22-20)15-5-3-4-6-16(15)25-19/h3-10H,11H2,1-2H3,(H,23,24). The van der Waals surface area contributed by atoms with Crippen LogP contribution in [-0.4, -0.2) is 21.6 Å². The first-order valence-electron chi connectivity index (χ1n) is 8.25. The number of furan rings is 1.